The van der Waals surface area contributed by atoms with Crippen molar-refractivity contribution in [2.45, 2.75) is 6.42 Å². The van der Waals surface area contributed by atoms with Crippen molar-refractivity contribution >= 4 is 17.2 Å². The molecule has 13 nitrogen and oxygen atoms in total. The van der Waals surface area contributed by atoms with Crippen molar-refractivity contribution in [2.24, 2.45) is 15.4 Å². The minimum atomic E-state index is -1.30. The van der Waals surface area contributed by atoms with Crippen molar-refractivity contribution in [1.82, 2.24) is 0 Å². The summed E-state index contributed by atoms with van der Waals surface area (Å²) in [5, 5.41) is 40.6. The molecule has 0 unspecified atom stereocenters. The molecule has 1 aliphatic rings. The van der Waals surface area contributed by atoms with Crippen molar-refractivity contribution in [2.75, 3.05) is 0 Å². The summed E-state index contributed by atoms with van der Waals surface area (Å²) in [4.78, 5) is 30.5. The predicted molar refractivity (Wildman–Crippen MR) is 55.7 cm³/mol. The average Bonchev–Trinajstić information content (AvgIpc) is 2.31. The maximum atomic E-state index is 11.4. The Bertz CT molecular complexity index is 622. The van der Waals surface area contributed by atoms with Gasteiger partial charge >= 0.3 is 16.5 Å². The van der Waals surface area contributed by atoms with Crippen LogP contribution >= 0.6 is 0 Å². The number of nitrogens with zero attached hydrogens (tertiary/aromatic N) is 7. The quantitative estimate of drug-likeness (QED) is 0.330. The fourth-order valence-electron chi connectivity index (χ4n) is 1.35. The lowest BCUT2D eigenvalue weighted by Gasteiger charge is -2.07. The second-order valence-electron chi connectivity index (χ2n) is 3.00. The number of nitro groups is 2. The molecule has 0 saturated heterocycles. The van der Waals surface area contributed by atoms with Gasteiger partial charge in [-0.05, 0) is 0 Å². The van der Waals surface area contributed by atoms with E-state index < -0.39 is 44.9 Å². The zero-order chi connectivity index (χ0) is 14.6. The number of nitrogens with one attached hydrogen (secondary N) is 1. The van der Waals surface area contributed by atoms with Gasteiger partial charge in [0.25, 0.3) is 11.1 Å². The van der Waals surface area contributed by atoms with Gasteiger partial charge in [0.05, 0.1) is 16.3 Å². The average molecular weight is 267 g/mol. The van der Waals surface area contributed by atoms with E-state index in [1.54, 1.807) is 0 Å². The summed E-state index contributed by atoms with van der Waals surface area (Å²) in [6, 6.07) is 0. The number of hydrogen-bond donors (Lipinski definition) is 1. The van der Waals surface area contributed by atoms with Crippen LogP contribution in [0.15, 0.2) is 26.8 Å². The number of hydrogen-bond acceptors (Lipinski definition) is 9. The molecule has 0 heterocycles. The number of carbonyl (C=O) groups excluding carboxylic acids is 1. The SMILES string of the molecule is N#[N+]N=C1C(=NN=N)CC(=O)C([N+](=O)[O-])=C1[N+](=O)[O-]. The summed E-state index contributed by atoms with van der Waals surface area (Å²) >= 11 is 0. The highest BCUT2D eigenvalue weighted by Gasteiger charge is 2.48. The molecule has 0 amide bonds. The number of diazo groups is 1. The van der Waals surface area contributed by atoms with E-state index in [2.05, 4.69) is 20.5 Å². The zero-order valence-corrected chi connectivity index (χ0v) is 8.88. The fourth-order valence-corrected chi connectivity index (χ4v) is 1.35. The van der Waals surface area contributed by atoms with E-state index in [1.165, 1.54) is 0 Å². The van der Waals surface area contributed by atoms with E-state index in [9.17, 15) is 25.0 Å². The molecule has 0 bridgehead atoms. The Morgan fingerprint density at radius 2 is 1.84 bits per heavy atom. The Hall–Kier alpha value is -3.43. The molecule has 0 aromatic carbocycles. The summed E-state index contributed by atoms with van der Waals surface area (Å²) in [6.07, 6.45) is -0.718. The Labute approximate surface area is 102 Å². The summed E-state index contributed by atoms with van der Waals surface area (Å²) in [5.41, 5.74) is 2.66. The number of rotatable bonds is 3. The minimum Gasteiger partial charge on any atom is -0.286 e. The number of ketones is 1. The second-order valence-corrected chi connectivity index (χ2v) is 3.00. The summed E-state index contributed by atoms with van der Waals surface area (Å²) in [5.74, 6) is -1.18. The lowest BCUT2D eigenvalue weighted by atomic mass is 9.96. The van der Waals surface area contributed by atoms with E-state index in [-0.39, 0.29) is 0 Å². The molecule has 0 aliphatic heterocycles. The van der Waals surface area contributed by atoms with Gasteiger partial charge in [0.15, 0.2) is 5.10 Å². The van der Waals surface area contributed by atoms with Gasteiger partial charge in [-0.15, -0.1) is 5.10 Å². The van der Waals surface area contributed by atoms with Crippen LogP contribution in [0.1, 0.15) is 6.42 Å². The number of Topliss-reactive ketones (excluding diaryl/α,β-unsaturated/α-hetero) is 1. The summed E-state index contributed by atoms with van der Waals surface area (Å²) in [7, 11) is 0. The standard InChI is InChI=1S/C6H3N8O5/c7-11-9-2-1-3(15)5(13(16)17)6(14(18)19)4(2)10-12-8/h7H,1H2/q+1. The molecule has 1 aliphatic carbocycles. The number of carbonyl (C=O) groups is 1. The van der Waals surface area contributed by atoms with Gasteiger partial charge in [0, 0.05) is 0 Å². The molecule has 0 radical (unpaired) electrons. The molecule has 1 rings (SSSR count). The van der Waals surface area contributed by atoms with Gasteiger partial charge in [-0.3, -0.25) is 25.0 Å². The molecular formula is C6H3N8O5+. The first-order chi connectivity index (χ1) is 8.93. The van der Waals surface area contributed by atoms with Crippen LogP contribution in [0.5, 0.6) is 0 Å². The first kappa shape index (κ1) is 13.6. The maximum absolute atomic E-state index is 11.4. The van der Waals surface area contributed by atoms with Gasteiger partial charge in [-0.2, -0.15) is 5.53 Å². The molecule has 0 saturated carbocycles. The molecule has 0 aromatic rings. The fraction of sp³-hybridized carbons (Fsp3) is 0.167. The lowest BCUT2D eigenvalue weighted by molar-refractivity contribution is -0.460. The first-order valence-corrected chi connectivity index (χ1v) is 4.36. The van der Waals surface area contributed by atoms with Crippen molar-refractivity contribution in [3.05, 3.63) is 36.7 Å². The highest BCUT2D eigenvalue weighted by atomic mass is 16.6. The van der Waals surface area contributed by atoms with Crippen LogP contribution in [0.2, 0.25) is 0 Å². The normalized spacial score (nSPS) is 19.4. The summed E-state index contributed by atoms with van der Waals surface area (Å²) in [6.45, 7) is 0. The highest BCUT2D eigenvalue weighted by Crippen LogP contribution is 2.20. The third-order valence-electron chi connectivity index (χ3n) is 1.99. The van der Waals surface area contributed by atoms with Crippen molar-refractivity contribution < 1.29 is 14.6 Å². The van der Waals surface area contributed by atoms with E-state index >= 15 is 0 Å². The van der Waals surface area contributed by atoms with E-state index in [1.807, 2.05) is 0 Å². The molecule has 0 aromatic heterocycles. The monoisotopic (exact) mass is 267 g/mol. The summed E-state index contributed by atoms with van der Waals surface area (Å²) < 4.78 is 0. The Morgan fingerprint density at radius 3 is 2.26 bits per heavy atom. The molecule has 0 fully saturated rings. The van der Waals surface area contributed by atoms with Crippen LogP contribution in [-0.4, -0.2) is 27.1 Å². The van der Waals surface area contributed by atoms with Gasteiger partial charge in [-0.1, -0.05) is 5.22 Å². The molecule has 1 N–H and O–H groups in total. The van der Waals surface area contributed by atoms with Crippen LogP contribution in [0.4, 0.5) is 0 Å². The molecule has 96 valence electrons. The maximum Gasteiger partial charge on any atom is 0.391 e. The number of allylic oxidation sites excluding steroid dienone is 2. The minimum absolute atomic E-state index is 0.477. The molecular weight excluding hydrogens is 264 g/mol. The van der Waals surface area contributed by atoms with Crippen molar-refractivity contribution in [3.8, 4) is 0 Å². The van der Waals surface area contributed by atoms with Crippen LogP contribution in [-0.2, 0) is 4.79 Å². The zero-order valence-electron chi connectivity index (χ0n) is 8.88. The van der Waals surface area contributed by atoms with Crippen LogP contribution in [0, 0.1) is 31.2 Å². The van der Waals surface area contributed by atoms with Crippen LogP contribution in [0.3, 0.4) is 0 Å². The first-order valence-electron chi connectivity index (χ1n) is 4.36. The Kier molecular flexibility index (Phi) is 3.78. The molecule has 13 heteroatoms. The van der Waals surface area contributed by atoms with E-state index in [0.29, 0.717) is 0 Å². The van der Waals surface area contributed by atoms with Gasteiger partial charge < -0.3 is 0 Å². The Morgan fingerprint density at radius 1 is 1.26 bits per heavy atom. The van der Waals surface area contributed by atoms with Crippen molar-refractivity contribution in [1.29, 1.82) is 10.9 Å². The molecule has 0 atom stereocenters. The smallest absolute Gasteiger partial charge is 0.286 e. The Balaban J connectivity index is 3.71. The van der Waals surface area contributed by atoms with Crippen molar-refractivity contribution in [3.63, 3.8) is 0 Å². The predicted octanol–water partition coefficient (Wildman–Crippen LogP) is 0.320. The van der Waals surface area contributed by atoms with Gasteiger partial charge in [0.1, 0.15) is 5.71 Å². The van der Waals surface area contributed by atoms with Crippen LogP contribution in [0.25, 0.3) is 5.08 Å². The van der Waals surface area contributed by atoms with E-state index in [0.717, 1.165) is 0 Å². The van der Waals surface area contributed by atoms with Crippen LogP contribution < -0.4 is 0 Å². The highest BCUT2D eigenvalue weighted by molar-refractivity contribution is 6.53. The van der Waals surface area contributed by atoms with Gasteiger partial charge in [0.2, 0.25) is 5.78 Å². The molecule has 0 spiro atoms. The van der Waals surface area contributed by atoms with E-state index in [4.69, 9.17) is 10.9 Å². The molecule has 19 heavy (non-hydrogen) atoms. The largest absolute Gasteiger partial charge is 0.391 e. The lowest BCUT2D eigenvalue weighted by Crippen LogP contribution is -2.34. The third-order valence-corrected chi connectivity index (χ3v) is 1.99. The third kappa shape index (κ3) is 2.46. The van der Waals surface area contributed by atoms with Gasteiger partial charge in [-0.25, -0.2) is 0 Å². The topological polar surface area (TPSA) is 192 Å². The second kappa shape index (κ2) is 5.27.